The van der Waals surface area contributed by atoms with Crippen molar-refractivity contribution in [1.29, 1.82) is 0 Å². The fraction of sp³-hybridized carbons (Fsp3) is 0.0800. The number of hydrogen-bond acceptors (Lipinski definition) is 5. The third kappa shape index (κ3) is 5.42. The highest BCUT2D eigenvalue weighted by molar-refractivity contribution is 6.30. The van der Waals surface area contributed by atoms with Gasteiger partial charge < -0.3 is 14.8 Å². The van der Waals surface area contributed by atoms with Gasteiger partial charge in [0.2, 0.25) is 5.88 Å². The van der Waals surface area contributed by atoms with E-state index in [-0.39, 0.29) is 5.91 Å². The zero-order valence-corrected chi connectivity index (χ0v) is 18.0. The van der Waals surface area contributed by atoms with Crippen molar-refractivity contribution in [1.82, 2.24) is 15.3 Å². The summed E-state index contributed by atoms with van der Waals surface area (Å²) in [5, 5.41) is 3.58. The third-order valence-electron chi connectivity index (χ3n) is 4.71. The minimum Gasteiger partial charge on any atom is -0.497 e. The van der Waals surface area contributed by atoms with E-state index in [9.17, 15) is 4.79 Å². The molecule has 0 saturated heterocycles. The number of carbonyl (C=O) groups excluding carboxylic acids is 1. The number of ether oxygens (including phenoxy) is 2. The average molecular weight is 446 g/mol. The molecule has 7 heteroatoms. The fourth-order valence-electron chi connectivity index (χ4n) is 3.02. The van der Waals surface area contributed by atoms with Crippen LogP contribution in [0.25, 0.3) is 11.3 Å². The summed E-state index contributed by atoms with van der Waals surface area (Å²) in [6.45, 7) is 0.410. The number of methoxy groups -OCH3 is 1. The van der Waals surface area contributed by atoms with Crippen molar-refractivity contribution in [3.63, 3.8) is 0 Å². The molecule has 6 nitrogen and oxygen atoms in total. The van der Waals surface area contributed by atoms with Gasteiger partial charge in [0.25, 0.3) is 5.91 Å². The SMILES string of the molecule is COc1ccc(Oc2cc(-c3cccc(C(=O)NCc4ccc(Cl)cc4)c3)ncn2)cc1. The van der Waals surface area contributed by atoms with Gasteiger partial charge in [0.1, 0.15) is 17.8 Å². The smallest absolute Gasteiger partial charge is 0.251 e. The van der Waals surface area contributed by atoms with E-state index in [1.165, 1.54) is 6.33 Å². The highest BCUT2D eigenvalue weighted by Gasteiger charge is 2.09. The molecule has 0 aliphatic heterocycles. The lowest BCUT2D eigenvalue weighted by molar-refractivity contribution is 0.0951. The van der Waals surface area contributed by atoms with Crippen LogP contribution in [0.15, 0.2) is 85.2 Å². The second-order valence-electron chi connectivity index (χ2n) is 6.91. The summed E-state index contributed by atoms with van der Waals surface area (Å²) in [5.41, 5.74) is 2.93. The highest BCUT2D eigenvalue weighted by Crippen LogP contribution is 2.26. The maximum absolute atomic E-state index is 12.6. The maximum atomic E-state index is 12.6. The maximum Gasteiger partial charge on any atom is 0.251 e. The molecule has 0 radical (unpaired) electrons. The molecule has 0 spiro atoms. The molecular formula is C25H20ClN3O3. The lowest BCUT2D eigenvalue weighted by Gasteiger charge is -2.09. The van der Waals surface area contributed by atoms with Crippen molar-refractivity contribution < 1.29 is 14.3 Å². The molecule has 3 aromatic carbocycles. The summed E-state index contributed by atoms with van der Waals surface area (Å²) in [5.74, 6) is 1.60. The molecule has 32 heavy (non-hydrogen) atoms. The second-order valence-corrected chi connectivity index (χ2v) is 7.35. The van der Waals surface area contributed by atoms with E-state index < -0.39 is 0 Å². The Balaban J connectivity index is 1.46. The summed E-state index contributed by atoms with van der Waals surface area (Å²) >= 11 is 5.90. The first-order valence-electron chi connectivity index (χ1n) is 9.88. The van der Waals surface area contributed by atoms with Gasteiger partial charge >= 0.3 is 0 Å². The summed E-state index contributed by atoms with van der Waals surface area (Å²) in [6.07, 6.45) is 1.43. The van der Waals surface area contributed by atoms with Gasteiger partial charge in [0.15, 0.2) is 0 Å². The molecule has 0 unspecified atom stereocenters. The van der Waals surface area contributed by atoms with E-state index in [2.05, 4.69) is 15.3 Å². The number of amides is 1. The number of nitrogens with one attached hydrogen (secondary N) is 1. The van der Waals surface area contributed by atoms with Crippen LogP contribution in [0.1, 0.15) is 15.9 Å². The van der Waals surface area contributed by atoms with Crippen LogP contribution in [-0.4, -0.2) is 23.0 Å². The quantitative estimate of drug-likeness (QED) is 0.405. The number of aromatic nitrogens is 2. The first-order chi connectivity index (χ1) is 15.6. The number of benzene rings is 3. The average Bonchev–Trinajstić information content (AvgIpc) is 2.84. The number of rotatable bonds is 7. The summed E-state index contributed by atoms with van der Waals surface area (Å²) < 4.78 is 11.0. The van der Waals surface area contributed by atoms with E-state index in [4.69, 9.17) is 21.1 Å². The monoisotopic (exact) mass is 445 g/mol. The molecule has 4 rings (SSSR count). The first kappa shape index (κ1) is 21.3. The third-order valence-corrected chi connectivity index (χ3v) is 4.96. The molecular weight excluding hydrogens is 426 g/mol. The molecule has 0 bridgehead atoms. The molecule has 0 aliphatic carbocycles. The van der Waals surface area contributed by atoms with Gasteiger partial charge in [-0.15, -0.1) is 0 Å². The Morgan fingerprint density at radius 1 is 0.938 bits per heavy atom. The van der Waals surface area contributed by atoms with Gasteiger partial charge in [0, 0.05) is 28.8 Å². The van der Waals surface area contributed by atoms with E-state index in [1.54, 1.807) is 49.6 Å². The number of nitrogens with zero attached hydrogens (tertiary/aromatic N) is 2. The van der Waals surface area contributed by atoms with Crippen LogP contribution in [0.5, 0.6) is 17.4 Å². The molecule has 1 amide bonds. The lowest BCUT2D eigenvalue weighted by atomic mass is 10.1. The normalized spacial score (nSPS) is 10.4. The minimum absolute atomic E-state index is 0.175. The van der Waals surface area contributed by atoms with Crippen LogP contribution < -0.4 is 14.8 Å². The molecule has 1 aromatic heterocycles. The van der Waals surface area contributed by atoms with E-state index in [0.717, 1.165) is 16.9 Å². The van der Waals surface area contributed by atoms with Gasteiger partial charge in [0.05, 0.1) is 12.8 Å². The zero-order valence-electron chi connectivity index (χ0n) is 17.3. The van der Waals surface area contributed by atoms with Crippen LogP contribution in [0, 0.1) is 0 Å². The minimum atomic E-state index is -0.175. The Morgan fingerprint density at radius 3 is 2.44 bits per heavy atom. The van der Waals surface area contributed by atoms with Gasteiger partial charge in [-0.05, 0) is 54.1 Å². The molecule has 1 heterocycles. The molecule has 0 fully saturated rings. The van der Waals surface area contributed by atoms with Gasteiger partial charge in [-0.1, -0.05) is 35.9 Å². The molecule has 4 aromatic rings. The highest BCUT2D eigenvalue weighted by atomic mass is 35.5. The van der Waals surface area contributed by atoms with Gasteiger partial charge in [-0.2, -0.15) is 0 Å². The van der Waals surface area contributed by atoms with Gasteiger partial charge in [-0.3, -0.25) is 4.79 Å². The van der Waals surface area contributed by atoms with Crippen molar-refractivity contribution >= 4 is 17.5 Å². The molecule has 160 valence electrons. The molecule has 0 atom stereocenters. The van der Waals surface area contributed by atoms with Crippen LogP contribution in [0.2, 0.25) is 5.02 Å². The predicted molar refractivity (Wildman–Crippen MR) is 123 cm³/mol. The van der Waals surface area contributed by atoms with Crippen LogP contribution in [-0.2, 0) is 6.54 Å². The van der Waals surface area contributed by atoms with E-state index >= 15 is 0 Å². The fourth-order valence-corrected chi connectivity index (χ4v) is 3.15. The standard InChI is InChI=1S/C25H20ClN3O3/c1-31-21-9-11-22(12-10-21)32-24-14-23(28-16-29-24)18-3-2-4-19(13-18)25(30)27-15-17-5-7-20(26)8-6-17/h2-14,16H,15H2,1H3,(H,27,30). The summed E-state index contributed by atoms with van der Waals surface area (Å²) in [7, 11) is 1.61. The van der Waals surface area contributed by atoms with Crippen molar-refractivity contribution in [3.05, 3.63) is 101 Å². The van der Waals surface area contributed by atoms with Gasteiger partial charge in [-0.25, -0.2) is 9.97 Å². The van der Waals surface area contributed by atoms with Crippen molar-refractivity contribution in [2.75, 3.05) is 7.11 Å². The van der Waals surface area contributed by atoms with Crippen molar-refractivity contribution in [3.8, 4) is 28.6 Å². The Labute approximate surface area is 190 Å². The second kappa shape index (κ2) is 9.94. The topological polar surface area (TPSA) is 73.3 Å². The Morgan fingerprint density at radius 2 is 1.69 bits per heavy atom. The predicted octanol–water partition coefficient (Wildman–Crippen LogP) is 5.53. The van der Waals surface area contributed by atoms with E-state index in [0.29, 0.717) is 34.5 Å². The Hall–Kier alpha value is -3.90. The van der Waals surface area contributed by atoms with Crippen molar-refractivity contribution in [2.45, 2.75) is 6.54 Å². The lowest BCUT2D eigenvalue weighted by Crippen LogP contribution is -2.22. The first-order valence-corrected chi connectivity index (χ1v) is 10.3. The Bertz CT molecular complexity index is 1210. The summed E-state index contributed by atoms with van der Waals surface area (Å²) in [4.78, 5) is 21.1. The van der Waals surface area contributed by atoms with Crippen LogP contribution in [0.4, 0.5) is 0 Å². The molecule has 0 saturated carbocycles. The number of hydrogen-bond donors (Lipinski definition) is 1. The Kier molecular flexibility index (Phi) is 6.63. The zero-order chi connectivity index (χ0) is 22.3. The largest absolute Gasteiger partial charge is 0.497 e. The van der Waals surface area contributed by atoms with Crippen LogP contribution in [0.3, 0.4) is 0 Å². The molecule has 1 N–H and O–H groups in total. The van der Waals surface area contributed by atoms with Crippen LogP contribution >= 0.6 is 11.6 Å². The molecule has 0 aliphatic rings. The summed E-state index contributed by atoms with van der Waals surface area (Å²) in [6, 6.07) is 23.5. The number of halogens is 1. The van der Waals surface area contributed by atoms with Crippen molar-refractivity contribution in [2.24, 2.45) is 0 Å². The number of carbonyl (C=O) groups is 1. The van der Waals surface area contributed by atoms with E-state index in [1.807, 2.05) is 36.4 Å².